The Balaban J connectivity index is 0.000000167. The average molecular weight is 715 g/mol. The first-order valence-corrected chi connectivity index (χ1v) is 18.2. The van der Waals surface area contributed by atoms with Gasteiger partial charge >= 0.3 is 0 Å². The Morgan fingerprint density at radius 3 is 1.04 bits per heavy atom. The topological polar surface area (TPSA) is 61.0 Å². The minimum absolute atomic E-state index is 0.188. The van der Waals surface area contributed by atoms with Crippen molar-refractivity contribution < 1.29 is 18.9 Å². The van der Waals surface area contributed by atoms with Crippen LogP contribution < -0.4 is 29.6 Å². The molecule has 8 rings (SSSR count). The predicted octanol–water partition coefficient (Wildman–Crippen LogP) is 11.6. The quantitative estimate of drug-likeness (QED) is 0.164. The summed E-state index contributed by atoms with van der Waals surface area (Å²) in [5, 5.41) is 7.44. The van der Waals surface area contributed by atoms with E-state index in [1.54, 1.807) is 28.4 Å². The highest BCUT2D eigenvalue weighted by Crippen LogP contribution is 2.39. The van der Waals surface area contributed by atoms with E-state index in [4.69, 9.17) is 18.9 Å². The fourth-order valence-electron chi connectivity index (χ4n) is 7.01. The number of hydrogen-bond acceptors (Lipinski definition) is 6. The Morgan fingerprint density at radius 1 is 0.389 bits per heavy atom. The van der Waals surface area contributed by atoms with Crippen molar-refractivity contribution in [3.63, 3.8) is 0 Å². The summed E-state index contributed by atoms with van der Waals surface area (Å²) < 4.78 is 21.2. The molecule has 0 saturated heterocycles. The van der Waals surface area contributed by atoms with E-state index < -0.39 is 0 Å². The van der Waals surface area contributed by atoms with Crippen molar-refractivity contribution in [1.29, 1.82) is 0 Å². The van der Waals surface area contributed by atoms with Gasteiger partial charge in [-0.2, -0.15) is 0 Å². The molecule has 0 unspecified atom stereocenters. The molecular weight excluding hydrogens is 669 g/mol. The molecule has 2 N–H and O–H groups in total. The van der Waals surface area contributed by atoms with Crippen LogP contribution in [0.15, 0.2) is 146 Å². The molecule has 54 heavy (non-hydrogen) atoms. The molecule has 0 aromatic heterocycles. The molecule has 0 saturated carbocycles. The highest BCUT2D eigenvalue weighted by atomic mass is 16.5. The van der Waals surface area contributed by atoms with Gasteiger partial charge in [-0.3, -0.25) is 0 Å². The van der Waals surface area contributed by atoms with Crippen LogP contribution in [-0.2, 0) is 0 Å². The van der Waals surface area contributed by atoms with Crippen molar-refractivity contribution >= 4 is 34.7 Å². The van der Waals surface area contributed by atoms with Gasteiger partial charge < -0.3 is 29.6 Å². The van der Waals surface area contributed by atoms with Gasteiger partial charge in [0, 0.05) is 11.4 Å². The lowest BCUT2D eigenvalue weighted by Gasteiger charge is -2.20. The van der Waals surface area contributed by atoms with Gasteiger partial charge in [-0.25, -0.2) is 0 Å². The van der Waals surface area contributed by atoms with E-state index in [1.807, 2.05) is 48.5 Å². The van der Waals surface area contributed by atoms with E-state index in [-0.39, 0.29) is 12.1 Å². The summed E-state index contributed by atoms with van der Waals surface area (Å²) in [6.07, 6.45) is 6.36. The fourth-order valence-corrected chi connectivity index (χ4v) is 7.01. The number of hydrogen-bond donors (Lipinski definition) is 2. The van der Waals surface area contributed by atoms with Crippen LogP contribution in [0, 0.1) is 0 Å². The van der Waals surface area contributed by atoms with Crippen LogP contribution in [-0.4, -0.2) is 28.4 Å². The van der Waals surface area contributed by atoms with Gasteiger partial charge in [0.05, 0.1) is 40.5 Å². The Hall–Kier alpha value is -6.40. The zero-order valence-electron chi connectivity index (χ0n) is 31.2. The molecule has 2 aliphatic heterocycles. The average Bonchev–Trinajstić information content (AvgIpc) is 3.57. The van der Waals surface area contributed by atoms with E-state index in [1.165, 1.54) is 44.5 Å². The van der Waals surface area contributed by atoms with E-state index in [2.05, 4.69) is 120 Å². The summed E-state index contributed by atoms with van der Waals surface area (Å²) in [5.74, 6) is 3.49. The summed E-state index contributed by atoms with van der Waals surface area (Å²) in [5.41, 5.74) is 12.2. The van der Waals surface area contributed by atoms with Gasteiger partial charge in [-0.15, -0.1) is 0 Å². The molecule has 2 atom stereocenters. The van der Waals surface area contributed by atoms with E-state index in [9.17, 15) is 0 Å². The molecule has 0 spiro atoms. The minimum atomic E-state index is 0.188. The second kappa shape index (κ2) is 17.0. The van der Waals surface area contributed by atoms with Crippen LogP contribution in [0.4, 0.5) is 11.4 Å². The Labute approximate surface area is 318 Å². The van der Waals surface area contributed by atoms with Crippen molar-refractivity contribution in [2.75, 3.05) is 39.1 Å². The van der Waals surface area contributed by atoms with Crippen LogP contribution in [0.3, 0.4) is 0 Å². The number of benzene rings is 6. The summed E-state index contributed by atoms with van der Waals surface area (Å²) in [6, 6.07) is 50.5. The lowest BCUT2D eigenvalue weighted by molar-refractivity contribution is 0.414. The van der Waals surface area contributed by atoms with Gasteiger partial charge in [0.15, 0.2) is 0 Å². The summed E-state index contributed by atoms with van der Waals surface area (Å²) in [4.78, 5) is 0. The number of fused-ring (bicyclic) bond motifs is 2. The number of nitrogens with one attached hydrogen (secondary N) is 2. The molecule has 0 bridgehead atoms. The molecule has 272 valence electrons. The van der Waals surface area contributed by atoms with Gasteiger partial charge in [-0.1, -0.05) is 84.9 Å². The molecule has 0 radical (unpaired) electrons. The lowest BCUT2D eigenvalue weighted by Crippen LogP contribution is -2.10. The van der Waals surface area contributed by atoms with Crippen LogP contribution in [0.25, 0.3) is 23.3 Å². The number of rotatable bonds is 8. The SMILES string of the molecule is COc1ccc(C2=Cc3ccccc3N[C@H](c3ccc(OC)cc3)C2)cc1.COc1ccc(C2=Cc3ccccc3N[C@H](c3ccc(OC)cc3)C2)cc1. The zero-order chi connectivity index (χ0) is 37.3. The first-order chi connectivity index (χ1) is 26.5. The van der Waals surface area contributed by atoms with Crippen molar-refractivity contribution in [3.8, 4) is 23.0 Å². The highest BCUT2D eigenvalue weighted by molar-refractivity contribution is 5.88. The Bertz CT molecular complexity index is 2050. The standard InChI is InChI=1S/2C24H23NO2/c2*1-26-21-11-7-17(8-12-21)20-15-19-5-3-4-6-23(19)25-24(16-20)18-9-13-22(27-2)14-10-18/h2*3-15,24-25H,16H2,1-2H3/t2*24-/m00/s1. The predicted molar refractivity (Wildman–Crippen MR) is 223 cm³/mol. The van der Waals surface area contributed by atoms with Crippen molar-refractivity contribution in [1.82, 2.24) is 0 Å². The molecule has 6 nitrogen and oxygen atoms in total. The smallest absolute Gasteiger partial charge is 0.118 e. The lowest BCUT2D eigenvalue weighted by atomic mass is 9.94. The number of anilines is 2. The maximum Gasteiger partial charge on any atom is 0.118 e. The third kappa shape index (κ3) is 8.45. The third-order valence-corrected chi connectivity index (χ3v) is 10.0. The summed E-state index contributed by atoms with van der Waals surface area (Å²) in [6.45, 7) is 0. The van der Waals surface area contributed by atoms with E-state index in [0.29, 0.717) is 0 Å². The van der Waals surface area contributed by atoms with Crippen LogP contribution >= 0.6 is 0 Å². The molecule has 2 heterocycles. The summed E-state index contributed by atoms with van der Waals surface area (Å²) >= 11 is 0. The number of ether oxygens (including phenoxy) is 4. The van der Waals surface area contributed by atoms with Crippen molar-refractivity contribution in [3.05, 3.63) is 179 Å². The van der Waals surface area contributed by atoms with Gasteiger partial charge in [0.1, 0.15) is 23.0 Å². The second-order valence-corrected chi connectivity index (χ2v) is 13.3. The molecule has 0 fully saturated rings. The van der Waals surface area contributed by atoms with Gasteiger partial charge in [0.25, 0.3) is 0 Å². The molecule has 6 aromatic carbocycles. The van der Waals surface area contributed by atoms with Crippen LogP contribution in [0.2, 0.25) is 0 Å². The molecule has 6 aromatic rings. The Morgan fingerprint density at radius 2 is 0.704 bits per heavy atom. The highest BCUT2D eigenvalue weighted by Gasteiger charge is 2.21. The first-order valence-electron chi connectivity index (χ1n) is 18.2. The number of para-hydroxylation sites is 2. The van der Waals surface area contributed by atoms with Crippen LogP contribution in [0.1, 0.15) is 58.3 Å². The second-order valence-electron chi connectivity index (χ2n) is 13.3. The monoisotopic (exact) mass is 714 g/mol. The normalized spacial score (nSPS) is 15.8. The molecular formula is C48H46N2O4. The number of methoxy groups -OCH3 is 4. The zero-order valence-corrected chi connectivity index (χ0v) is 31.2. The van der Waals surface area contributed by atoms with E-state index in [0.717, 1.165) is 47.2 Å². The van der Waals surface area contributed by atoms with E-state index >= 15 is 0 Å². The molecule has 0 aliphatic carbocycles. The maximum absolute atomic E-state index is 5.31. The first kappa shape index (κ1) is 36.0. The molecule has 0 amide bonds. The maximum atomic E-state index is 5.31. The minimum Gasteiger partial charge on any atom is -0.497 e. The Kier molecular flexibility index (Phi) is 11.3. The third-order valence-electron chi connectivity index (χ3n) is 10.0. The molecule has 2 aliphatic rings. The summed E-state index contributed by atoms with van der Waals surface area (Å²) in [7, 11) is 6.78. The molecule has 6 heteroatoms. The van der Waals surface area contributed by atoms with Crippen molar-refractivity contribution in [2.24, 2.45) is 0 Å². The van der Waals surface area contributed by atoms with Gasteiger partial charge in [0.2, 0.25) is 0 Å². The van der Waals surface area contributed by atoms with Crippen molar-refractivity contribution in [2.45, 2.75) is 24.9 Å². The fraction of sp³-hybridized carbons (Fsp3) is 0.167. The van der Waals surface area contributed by atoms with Gasteiger partial charge in [-0.05, 0) is 130 Å². The van der Waals surface area contributed by atoms with Crippen LogP contribution in [0.5, 0.6) is 23.0 Å². The largest absolute Gasteiger partial charge is 0.497 e.